The molecule has 0 fully saturated rings. The normalized spacial score (nSPS) is 12.2. The Morgan fingerprint density at radius 1 is 0.364 bits per heavy atom. The smallest absolute Gasteiger partial charge is 0.00687 e. The molecule has 8 aromatic carbocycles. The summed E-state index contributed by atoms with van der Waals surface area (Å²) in [6.07, 6.45) is 0. The van der Waals surface area contributed by atoms with Gasteiger partial charge < -0.3 is 0 Å². The highest BCUT2D eigenvalue weighted by Crippen LogP contribution is 2.56. The minimum absolute atomic E-state index is 0.578. The zero-order chi connectivity index (χ0) is 29.2. The first kappa shape index (κ1) is 25.3. The molecule has 0 saturated carbocycles. The molecule has 0 nitrogen and oxygen atoms in total. The average molecular weight is 577 g/mol. The van der Waals surface area contributed by atoms with Crippen LogP contribution >= 0.6 is 7.53 Å². The number of hydrogen-bond acceptors (Lipinski definition) is 0. The van der Waals surface area contributed by atoms with E-state index in [1.54, 1.807) is 0 Å². The molecule has 0 aliphatic rings. The number of benzene rings is 8. The quantitative estimate of drug-likeness (QED) is 0.184. The van der Waals surface area contributed by atoms with Gasteiger partial charge in [-0.25, -0.2) is 0 Å². The maximum Gasteiger partial charge on any atom is 0.00687 e. The summed E-state index contributed by atoms with van der Waals surface area (Å²) >= 11 is 0. The van der Waals surface area contributed by atoms with Crippen molar-refractivity contribution >= 4 is 60.9 Å². The van der Waals surface area contributed by atoms with Crippen LogP contribution in [0.3, 0.4) is 0 Å². The van der Waals surface area contributed by atoms with Crippen molar-refractivity contribution in [1.82, 2.24) is 0 Å². The highest BCUT2D eigenvalue weighted by atomic mass is 31.1. The minimum Gasteiger partial charge on any atom is -0.0772 e. The van der Waals surface area contributed by atoms with Crippen LogP contribution in [0.25, 0.3) is 80.9 Å². The molecular formula is C43H29P. The second-order valence-electron chi connectivity index (χ2n) is 11.8. The van der Waals surface area contributed by atoms with Crippen molar-refractivity contribution in [3.63, 3.8) is 0 Å². The van der Waals surface area contributed by atoms with Gasteiger partial charge in [-0.15, -0.1) is 0 Å². The van der Waals surface area contributed by atoms with E-state index < -0.39 is 7.53 Å². The SMILES string of the molecule is Cc1ccc2c(-c3ccc4ccccc4c3)c3ccccc3c(-c3ccc4c(c3)c3ccccc3p4-c3ccccc3)c2c1. The third-order valence-electron chi connectivity index (χ3n) is 9.19. The van der Waals surface area contributed by atoms with Gasteiger partial charge in [0.05, 0.1) is 0 Å². The molecule has 0 spiro atoms. The molecule has 0 aliphatic carbocycles. The van der Waals surface area contributed by atoms with Crippen LogP contribution < -0.4 is 0 Å². The first-order valence-corrected chi connectivity index (χ1v) is 16.6. The third-order valence-corrected chi connectivity index (χ3v) is 11.8. The molecule has 1 aromatic heterocycles. The van der Waals surface area contributed by atoms with Gasteiger partial charge in [-0.1, -0.05) is 153 Å². The van der Waals surface area contributed by atoms with Crippen molar-refractivity contribution in [2.75, 3.05) is 0 Å². The van der Waals surface area contributed by atoms with Crippen LogP contribution in [0.15, 0.2) is 158 Å². The van der Waals surface area contributed by atoms with Crippen LogP contribution in [0.1, 0.15) is 5.56 Å². The van der Waals surface area contributed by atoms with Crippen LogP contribution in [0, 0.1) is 6.92 Å². The van der Waals surface area contributed by atoms with E-state index in [2.05, 4.69) is 165 Å². The molecule has 1 unspecified atom stereocenters. The summed E-state index contributed by atoms with van der Waals surface area (Å²) in [7, 11) is -0.578. The molecule has 44 heavy (non-hydrogen) atoms. The lowest BCUT2D eigenvalue weighted by molar-refractivity contribution is 1.51. The molecule has 1 heteroatoms. The van der Waals surface area contributed by atoms with Crippen molar-refractivity contribution in [3.8, 4) is 27.6 Å². The Bertz CT molecular complexity index is 2550. The summed E-state index contributed by atoms with van der Waals surface area (Å²) in [5, 5.41) is 14.8. The Morgan fingerprint density at radius 2 is 0.955 bits per heavy atom. The van der Waals surface area contributed by atoms with Crippen molar-refractivity contribution in [2.24, 2.45) is 0 Å². The second-order valence-corrected chi connectivity index (χ2v) is 14.0. The third kappa shape index (κ3) is 3.85. The zero-order valence-corrected chi connectivity index (χ0v) is 25.4. The van der Waals surface area contributed by atoms with Crippen LogP contribution in [0.4, 0.5) is 0 Å². The van der Waals surface area contributed by atoms with E-state index in [4.69, 9.17) is 0 Å². The average Bonchev–Trinajstić information content (AvgIpc) is 3.41. The summed E-state index contributed by atoms with van der Waals surface area (Å²) in [6, 6.07) is 58.9. The Labute approximate surface area is 257 Å². The fourth-order valence-electron chi connectivity index (χ4n) is 7.24. The number of rotatable bonds is 3. The van der Waals surface area contributed by atoms with Crippen molar-refractivity contribution in [3.05, 3.63) is 163 Å². The molecular weight excluding hydrogens is 547 g/mol. The van der Waals surface area contributed by atoms with Crippen molar-refractivity contribution in [2.45, 2.75) is 6.92 Å². The molecule has 1 heterocycles. The highest BCUT2D eigenvalue weighted by molar-refractivity contribution is 7.67. The Hall–Kier alpha value is -5.16. The largest absolute Gasteiger partial charge is 0.0772 e. The monoisotopic (exact) mass is 576 g/mol. The van der Waals surface area contributed by atoms with Crippen LogP contribution in [0.5, 0.6) is 0 Å². The number of fused-ring (bicyclic) bond motifs is 6. The van der Waals surface area contributed by atoms with Crippen molar-refractivity contribution in [1.29, 1.82) is 0 Å². The molecule has 0 saturated heterocycles. The van der Waals surface area contributed by atoms with Crippen LogP contribution in [-0.2, 0) is 0 Å². The summed E-state index contributed by atoms with van der Waals surface area (Å²) in [5.41, 5.74) is 6.44. The maximum absolute atomic E-state index is 2.47. The van der Waals surface area contributed by atoms with Crippen molar-refractivity contribution < 1.29 is 0 Å². The van der Waals surface area contributed by atoms with E-state index in [9.17, 15) is 0 Å². The fraction of sp³-hybridized carbons (Fsp3) is 0.0233. The molecule has 1 atom stereocenters. The van der Waals surface area contributed by atoms with Gasteiger partial charge in [0.1, 0.15) is 0 Å². The standard InChI is InChI=1S/C43H29P/c1-28-19-23-37-39(25-28)43(36-17-8-7-16-35(36)42(37)31-21-20-29-11-5-6-12-30(29)26-31)32-22-24-41-38(27-32)34-15-9-10-18-40(34)44(41)33-13-3-2-4-14-33/h2-27H,1H3. The summed E-state index contributed by atoms with van der Waals surface area (Å²) < 4.78 is 0. The lowest BCUT2D eigenvalue weighted by Gasteiger charge is -2.19. The maximum atomic E-state index is 2.47. The van der Waals surface area contributed by atoms with Gasteiger partial charge in [0.25, 0.3) is 0 Å². The van der Waals surface area contributed by atoms with Gasteiger partial charge in [-0.3, -0.25) is 0 Å². The van der Waals surface area contributed by atoms with Gasteiger partial charge in [0.2, 0.25) is 0 Å². The van der Waals surface area contributed by atoms with E-state index in [1.165, 1.54) is 86.4 Å². The molecule has 0 N–H and O–H groups in total. The molecule has 9 aromatic rings. The number of hydrogen-bond donors (Lipinski definition) is 0. The summed E-state index contributed by atoms with van der Waals surface area (Å²) in [5.74, 6) is 0. The molecule has 0 bridgehead atoms. The van der Waals surface area contributed by atoms with Gasteiger partial charge in [0.15, 0.2) is 0 Å². The minimum atomic E-state index is -0.578. The second kappa shape index (κ2) is 9.95. The first-order chi connectivity index (χ1) is 21.7. The molecule has 9 rings (SSSR count). The molecule has 0 aliphatic heterocycles. The van der Waals surface area contributed by atoms with E-state index in [0.717, 1.165) is 0 Å². The van der Waals surface area contributed by atoms with Gasteiger partial charge in [-0.05, 0) is 95.8 Å². The molecule has 0 amide bonds. The highest BCUT2D eigenvalue weighted by Gasteiger charge is 2.19. The van der Waals surface area contributed by atoms with Gasteiger partial charge in [0, 0.05) is 10.2 Å². The zero-order valence-electron chi connectivity index (χ0n) is 24.5. The van der Waals surface area contributed by atoms with Gasteiger partial charge >= 0.3 is 0 Å². The predicted molar refractivity (Wildman–Crippen MR) is 194 cm³/mol. The van der Waals surface area contributed by atoms with Crippen LogP contribution in [-0.4, -0.2) is 0 Å². The molecule has 0 radical (unpaired) electrons. The van der Waals surface area contributed by atoms with Crippen LogP contribution in [0.2, 0.25) is 0 Å². The Morgan fingerprint density at radius 3 is 1.77 bits per heavy atom. The lowest BCUT2D eigenvalue weighted by atomic mass is 9.85. The van der Waals surface area contributed by atoms with E-state index in [-0.39, 0.29) is 0 Å². The Kier molecular flexibility index (Phi) is 5.73. The summed E-state index contributed by atoms with van der Waals surface area (Å²) in [4.78, 5) is 0. The van der Waals surface area contributed by atoms with E-state index in [1.807, 2.05) is 0 Å². The number of aryl methyl sites for hydroxylation is 1. The fourth-order valence-corrected chi connectivity index (χ4v) is 9.85. The predicted octanol–water partition coefficient (Wildman–Crippen LogP) is 13.1. The molecule has 206 valence electrons. The van der Waals surface area contributed by atoms with Gasteiger partial charge in [-0.2, -0.15) is 0 Å². The first-order valence-electron chi connectivity index (χ1n) is 15.3. The topological polar surface area (TPSA) is 0 Å². The lowest BCUT2D eigenvalue weighted by Crippen LogP contribution is -1.91. The van der Waals surface area contributed by atoms with E-state index in [0.29, 0.717) is 0 Å². The summed E-state index contributed by atoms with van der Waals surface area (Å²) in [6.45, 7) is 2.21. The van der Waals surface area contributed by atoms with E-state index >= 15 is 0 Å². The Balaban J connectivity index is 1.38.